The van der Waals surface area contributed by atoms with Gasteiger partial charge in [0.05, 0.1) is 7.11 Å². The van der Waals surface area contributed by atoms with Gasteiger partial charge < -0.3 is 15.2 Å². The molecule has 2 N–H and O–H groups in total. The molecule has 1 fully saturated rings. The molecule has 116 valence electrons. The van der Waals surface area contributed by atoms with Gasteiger partial charge in [-0.2, -0.15) is 0 Å². The molecule has 0 saturated heterocycles. The molecular weight excluding hydrogens is 273 g/mol. The van der Waals surface area contributed by atoms with Gasteiger partial charge in [-0.1, -0.05) is 12.8 Å². The number of hydrogen-bond acceptors (Lipinski definition) is 3. The third-order valence-electron chi connectivity index (χ3n) is 4.24. The highest BCUT2D eigenvalue weighted by molar-refractivity contribution is 5.94. The molecule has 1 aliphatic rings. The van der Waals surface area contributed by atoms with Crippen LogP contribution in [-0.4, -0.2) is 31.3 Å². The molecule has 0 spiro atoms. The minimum atomic E-state index is -0.545. The molecule has 2 rings (SSSR count). The third kappa shape index (κ3) is 3.94. The lowest BCUT2D eigenvalue weighted by atomic mass is 9.79. The second-order valence-corrected chi connectivity index (χ2v) is 5.55. The predicted octanol–water partition coefficient (Wildman–Crippen LogP) is 2.36. The van der Waals surface area contributed by atoms with E-state index in [0.29, 0.717) is 12.5 Å². The van der Waals surface area contributed by atoms with Crippen LogP contribution in [-0.2, 0) is 0 Å². The number of carbonyl (C=O) groups is 1. The average Bonchev–Trinajstić information content (AvgIpc) is 2.52. The summed E-state index contributed by atoms with van der Waals surface area (Å²) in [5, 5.41) is 12.2. The minimum Gasteiger partial charge on any atom is -0.494 e. The van der Waals surface area contributed by atoms with Crippen LogP contribution in [0.4, 0.5) is 4.39 Å². The molecule has 0 heterocycles. The average molecular weight is 295 g/mol. The maximum Gasteiger partial charge on any atom is 0.251 e. The van der Waals surface area contributed by atoms with E-state index < -0.39 is 5.82 Å². The van der Waals surface area contributed by atoms with Crippen molar-refractivity contribution < 1.29 is 19.0 Å². The van der Waals surface area contributed by atoms with E-state index in [1.165, 1.54) is 19.2 Å². The minimum absolute atomic E-state index is 0.124. The number of rotatable bonds is 5. The Morgan fingerprint density at radius 1 is 1.38 bits per heavy atom. The first-order chi connectivity index (χ1) is 10.2. The number of hydrogen-bond donors (Lipinski definition) is 2. The maximum absolute atomic E-state index is 13.6. The van der Waals surface area contributed by atoms with Crippen LogP contribution in [0.25, 0.3) is 0 Å². The van der Waals surface area contributed by atoms with Gasteiger partial charge in [0.2, 0.25) is 0 Å². The van der Waals surface area contributed by atoms with Crippen molar-refractivity contribution in [3.05, 3.63) is 29.6 Å². The Morgan fingerprint density at radius 2 is 2.10 bits per heavy atom. The fraction of sp³-hybridized carbons (Fsp3) is 0.562. The highest BCUT2D eigenvalue weighted by Gasteiger charge is 2.24. The second-order valence-electron chi connectivity index (χ2n) is 5.55. The van der Waals surface area contributed by atoms with E-state index in [2.05, 4.69) is 5.32 Å². The Morgan fingerprint density at radius 3 is 2.71 bits per heavy atom. The molecule has 1 aliphatic carbocycles. The molecule has 4 nitrogen and oxygen atoms in total. The highest BCUT2D eigenvalue weighted by Crippen LogP contribution is 2.29. The first-order valence-electron chi connectivity index (χ1n) is 7.38. The fourth-order valence-electron chi connectivity index (χ4n) is 2.93. The van der Waals surface area contributed by atoms with E-state index in [0.717, 1.165) is 25.7 Å². The van der Waals surface area contributed by atoms with Crippen LogP contribution < -0.4 is 10.1 Å². The normalized spacial score (nSPS) is 21.9. The summed E-state index contributed by atoms with van der Waals surface area (Å²) in [6.07, 6.45) is 4.30. The maximum atomic E-state index is 13.6. The lowest BCUT2D eigenvalue weighted by Gasteiger charge is -2.30. The van der Waals surface area contributed by atoms with Crippen molar-refractivity contribution in [2.24, 2.45) is 11.8 Å². The molecule has 0 radical (unpaired) electrons. The van der Waals surface area contributed by atoms with E-state index in [1.54, 1.807) is 6.07 Å². The zero-order valence-electron chi connectivity index (χ0n) is 12.3. The first-order valence-corrected chi connectivity index (χ1v) is 7.38. The van der Waals surface area contributed by atoms with Gasteiger partial charge in [0.1, 0.15) is 0 Å². The number of benzene rings is 1. The summed E-state index contributed by atoms with van der Waals surface area (Å²) in [4.78, 5) is 12.1. The van der Waals surface area contributed by atoms with E-state index in [1.807, 2.05) is 0 Å². The first kappa shape index (κ1) is 15.8. The van der Waals surface area contributed by atoms with Crippen LogP contribution in [0.3, 0.4) is 0 Å². The molecular formula is C16H22FNO3. The molecule has 1 aromatic rings. The van der Waals surface area contributed by atoms with Gasteiger partial charge in [-0.25, -0.2) is 4.39 Å². The molecule has 0 aliphatic heterocycles. The number of carbonyl (C=O) groups excluding carboxylic acids is 1. The van der Waals surface area contributed by atoms with Gasteiger partial charge in [0.15, 0.2) is 11.6 Å². The van der Waals surface area contributed by atoms with E-state index in [9.17, 15) is 14.3 Å². The Balaban J connectivity index is 1.93. The molecule has 2 atom stereocenters. The summed E-state index contributed by atoms with van der Waals surface area (Å²) < 4.78 is 18.4. The number of nitrogens with one attached hydrogen (secondary N) is 1. The lowest BCUT2D eigenvalue weighted by molar-refractivity contribution is 0.0909. The smallest absolute Gasteiger partial charge is 0.251 e. The summed E-state index contributed by atoms with van der Waals surface area (Å²) in [6.45, 7) is 0.690. The molecule has 0 aromatic heterocycles. The van der Waals surface area contributed by atoms with Crippen molar-refractivity contribution in [2.45, 2.75) is 25.7 Å². The number of methoxy groups -OCH3 is 1. The van der Waals surface area contributed by atoms with E-state index in [-0.39, 0.29) is 29.7 Å². The Kier molecular flexibility index (Phi) is 5.56. The van der Waals surface area contributed by atoms with Gasteiger partial charge in [-0.3, -0.25) is 4.79 Å². The van der Waals surface area contributed by atoms with Gasteiger partial charge >= 0.3 is 0 Å². The summed E-state index contributed by atoms with van der Waals surface area (Å²) in [5.41, 5.74) is 0.282. The van der Waals surface area contributed by atoms with Crippen molar-refractivity contribution >= 4 is 5.91 Å². The van der Waals surface area contributed by atoms with Crippen LogP contribution in [0, 0.1) is 17.7 Å². The summed E-state index contributed by atoms with van der Waals surface area (Å²) >= 11 is 0. The van der Waals surface area contributed by atoms with Crippen molar-refractivity contribution in [1.29, 1.82) is 0 Å². The van der Waals surface area contributed by atoms with Crippen LogP contribution in [0.2, 0.25) is 0 Å². The molecule has 21 heavy (non-hydrogen) atoms. The van der Waals surface area contributed by atoms with E-state index >= 15 is 0 Å². The standard InChI is InChI=1S/C16H22FNO3/c1-21-15-7-6-11(8-14(15)17)16(20)18-9-12-4-2-3-5-13(12)10-19/h6-8,12-13,19H,2-5,9-10H2,1H3,(H,18,20). The molecule has 1 saturated carbocycles. The van der Waals surface area contributed by atoms with Crippen LogP contribution in [0.5, 0.6) is 5.75 Å². The quantitative estimate of drug-likeness (QED) is 0.876. The van der Waals surface area contributed by atoms with Crippen molar-refractivity contribution in [1.82, 2.24) is 5.32 Å². The van der Waals surface area contributed by atoms with Gasteiger partial charge in [0, 0.05) is 18.7 Å². The molecule has 0 bridgehead atoms. The van der Waals surface area contributed by atoms with Crippen molar-refractivity contribution in [3.8, 4) is 5.75 Å². The number of aliphatic hydroxyl groups is 1. The number of halogens is 1. The van der Waals surface area contributed by atoms with E-state index in [4.69, 9.17) is 4.74 Å². The largest absolute Gasteiger partial charge is 0.494 e. The number of ether oxygens (including phenoxy) is 1. The monoisotopic (exact) mass is 295 g/mol. The highest BCUT2D eigenvalue weighted by atomic mass is 19.1. The summed E-state index contributed by atoms with van der Waals surface area (Å²) in [5.74, 6) is -0.156. The molecule has 5 heteroatoms. The van der Waals surface area contributed by atoms with Crippen LogP contribution in [0.15, 0.2) is 18.2 Å². The summed E-state index contributed by atoms with van der Waals surface area (Å²) in [7, 11) is 1.39. The molecule has 1 amide bonds. The second kappa shape index (κ2) is 7.41. The SMILES string of the molecule is COc1ccc(C(=O)NCC2CCCCC2CO)cc1F. The number of aliphatic hydroxyl groups excluding tert-OH is 1. The lowest BCUT2D eigenvalue weighted by Crippen LogP contribution is -2.35. The Hall–Kier alpha value is -1.62. The van der Waals surface area contributed by atoms with Crippen molar-refractivity contribution in [2.75, 3.05) is 20.3 Å². The van der Waals surface area contributed by atoms with Gasteiger partial charge in [-0.05, 0) is 42.9 Å². The van der Waals surface area contributed by atoms with Crippen LogP contribution >= 0.6 is 0 Å². The van der Waals surface area contributed by atoms with Crippen molar-refractivity contribution in [3.63, 3.8) is 0 Å². The van der Waals surface area contributed by atoms with Gasteiger partial charge in [0.25, 0.3) is 5.91 Å². The van der Waals surface area contributed by atoms with Crippen LogP contribution in [0.1, 0.15) is 36.0 Å². The van der Waals surface area contributed by atoms with Gasteiger partial charge in [-0.15, -0.1) is 0 Å². The topological polar surface area (TPSA) is 58.6 Å². The fourth-order valence-corrected chi connectivity index (χ4v) is 2.93. The zero-order valence-corrected chi connectivity index (χ0v) is 12.3. The molecule has 1 aromatic carbocycles. The number of amides is 1. The third-order valence-corrected chi connectivity index (χ3v) is 4.24. The predicted molar refractivity (Wildman–Crippen MR) is 77.8 cm³/mol. The molecule has 2 unspecified atom stereocenters. The Labute approximate surface area is 124 Å². The Bertz CT molecular complexity index is 492. The summed E-state index contributed by atoms with van der Waals surface area (Å²) in [6, 6.07) is 4.17. The zero-order chi connectivity index (χ0) is 15.2.